The molecule has 1 rings (SSSR count). The van der Waals surface area contributed by atoms with E-state index in [0.717, 1.165) is 5.56 Å². The average Bonchev–Trinajstić information content (AvgIpc) is 2.36. The van der Waals surface area contributed by atoms with Crippen molar-refractivity contribution in [3.05, 3.63) is 35.4 Å². The SMILES string of the molecule is CCC(CC)(NC(C)c1ccc(C)cc1)C(=O)O. The van der Waals surface area contributed by atoms with Crippen molar-refractivity contribution in [1.82, 2.24) is 5.32 Å². The fourth-order valence-electron chi connectivity index (χ4n) is 2.17. The number of hydrogen-bond donors (Lipinski definition) is 2. The van der Waals surface area contributed by atoms with Gasteiger partial charge in [0, 0.05) is 6.04 Å². The van der Waals surface area contributed by atoms with Crippen molar-refractivity contribution >= 4 is 5.97 Å². The van der Waals surface area contributed by atoms with E-state index in [0.29, 0.717) is 12.8 Å². The first-order chi connectivity index (χ1) is 8.45. The molecule has 0 aromatic heterocycles. The molecule has 0 bridgehead atoms. The summed E-state index contributed by atoms with van der Waals surface area (Å²) in [5.41, 5.74) is 1.50. The van der Waals surface area contributed by atoms with Crippen molar-refractivity contribution in [3.63, 3.8) is 0 Å². The Bertz CT molecular complexity index is 393. The average molecular weight is 249 g/mol. The Morgan fingerprint density at radius 1 is 1.28 bits per heavy atom. The number of aliphatic carboxylic acids is 1. The minimum atomic E-state index is -0.829. The monoisotopic (exact) mass is 249 g/mol. The number of nitrogens with one attached hydrogen (secondary N) is 1. The Labute approximate surface area is 109 Å². The molecule has 1 atom stereocenters. The second kappa shape index (κ2) is 6.01. The normalized spacial score (nSPS) is 13.3. The number of rotatable bonds is 6. The zero-order valence-electron chi connectivity index (χ0n) is 11.7. The Morgan fingerprint density at radius 3 is 2.17 bits per heavy atom. The van der Waals surface area contributed by atoms with Crippen LogP contribution in [0.2, 0.25) is 0 Å². The van der Waals surface area contributed by atoms with Crippen molar-refractivity contribution in [3.8, 4) is 0 Å². The van der Waals surface area contributed by atoms with Gasteiger partial charge in [0.15, 0.2) is 0 Å². The summed E-state index contributed by atoms with van der Waals surface area (Å²) in [6, 6.07) is 8.22. The van der Waals surface area contributed by atoms with Crippen molar-refractivity contribution in [2.75, 3.05) is 0 Å². The van der Waals surface area contributed by atoms with Gasteiger partial charge in [-0.25, -0.2) is 0 Å². The van der Waals surface area contributed by atoms with Gasteiger partial charge < -0.3 is 5.11 Å². The molecule has 1 aromatic carbocycles. The molecule has 0 aliphatic carbocycles. The molecule has 0 spiro atoms. The van der Waals surface area contributed by atoms with Gasteiger partial charge in [-0.2, -0.15) is 0 Å². The topological polar surface area (TPSA) is 49.3 Å². The van der Waals surface area contributed by atoms with Gasteiger partial charge in [-0.1, -0.05) is 43.7 Å². The van der Waals surface area contributed by atoms with Gasteiger partial charge in [0.05, 0.1) is 0 Å². The molecule has 0 amide bonds. The molecular formula is C15H23NO2. The molecule has 0 saturated heterocycles. The third kappa shape index (κ3) is 3.10. The van der Waals surface area contributed by atoms with Crippen LogP contribution >= 0.6 is 0 Å². The summed E-state index contributed by atoms with van der Waals surface area (Å²) < 4.78 is 0. The highest BCUT2D eigenvalue weighted by atomic mass is 16.4. The Balaban J connectivity index is 2.88. The third-order valence-corrected chi connectivity index (χ3v) is 3.69. The van der Waals surface area contributed by atoms with E-state index in [1.54, 1.807) is 0 Å². The summed E-state index contributed by atoms with van der Waals surface area (Å²) in [5.74, 6) is -0.772. The molecule has 1 aromatic rings. The van der Waals surface area contributed by atoms with Crippen LogP contribution in [-0.4, -0.2) is 16.6 Å². The lowest BCUT2D eigenvalue weighted by atomic mass is 9.91. The quantitative estimate of drug-likeness (QED) is 0.813. The number of hydrogen-bond acceptors (Lipinski definition) is 2. The van der Waals surface area contributed by atoms with Crippen LogP contribution in [0.4, 0.5) is 0 Å². The molecule has 100 valence electrons. The zero-order chi connectivity index (χ0) is 13.8. The summed E-state index contributed by atoms with van der Waals surface area (Å²) in [6.45, 7) is 7.87. The standard InChI is InChI=1S/C15H23NO2/c1-5-15(6-2,14(17)18)16-12(4)13-9-7-11(3)8-10-13/h7-10,12,16H,5-6H2,1-4H3,(H,17,18). The first kappa shape index (κ1) is 14.7. The van der Waals surface area contributed by atoms with E-state index in [9.17, 15) is 9.90 Å². The minimum Gasteiger partial charge on any atom is -0.480 e. The number of benzene rings is 1. The lowest BCUT2D eigenvalue weighted by Gasteiger charge is -2.32. The van der Waals surface area contributed by atoms with E-state index in [1.165, 1.54) is 5.56 Å². The maximum Gasteiger partial charge on any atom is 0.323 e. The summed E-state index contributed by atoms with van der Waals surface area (Å²) in [5, 5.41) is 12.7. The van der Waals surface area contributed by atoms with Crippen molar-refractivity contribution < 1.29 is 9.90 Å². The number of carboxylic acid groups (broad SMARTS) is 1. The van der Waals surface area contributed by atoms with Crippen molar-refractivity contribution in [2.24, 2.45) is 0 Å². The molecule has 3 nitrogen and oxygen atoms in total. The van der Waals surface area contributed by atoms with E-state index in [2.05, 4.69) is 5.32 Å². The Morgan fingerprint density at radius 2 is 1.78 bits per heavy atom. The molecule has 0 aliphatic rings. The highest BCUT2D eigenvalue weighted by molar-refractivity contribution is 5.78. The summed E-state index contributed by atoms with van der Waals surface area (Å²) in [4.78, 5) is 11.4. The smallest absolute Gasteiger partial charge is 0.323 e. The zero-order valence-corrected chi connectivity index (χ0v) is 11.7. The van der Waals surface area contributed by atoms with E-state index in [4.69, 9.17) is 0 Å². The lowest BCUT2D eigenvalue weighted by Crippen LogP contribution is -2.52. The Kier molecular flexibility index (Phi) is 4.91. The minimum absolute atomic E-state index is 0.0293. The largest absolute Gasteiger partial charge is 0.480 e. The second-order valence-electron chi connectivity index (χ2n) is 4.87. The molecule has 3 heteroatoms. The van der Waals surface area contributed by atoms with Crippen LogP contribution in [-0.2, 0) is 4.79 Å². The van der Waals surface area contributed by atoms with Crippen molar-refractivity contribution in [1.29, 1.82) is 0 Å². The predicted molar refractivity (Wildman–Crippen MR) is 73.7 cm³/mol. The highest BCUT2D eigenvalue weighted by Crippen LogP contribution is 2.22. The van der Waals surface area contributed by atoms with Gasteiger partial charge in [0.1, 0.15) is 5.54 Å². The van der Waals surface area contributed by atoms with Crippen LogP contribution in [0.1, 0.15) is 50.8 Å². The molecule has 0 saturated carbocycles. The molecule has 0 radical (unpaired) electrons. The molecule has 18 heavy (non-hydrogen) atoms. The van der Waals surface area contributed by atoms with Crippen LogP contribution in [0.5, 0.6) is 0 Å². The molecule has 0 aliphatic heterocycles. The van der Waals surface area contributed by atoms with Gasteiger partial charge >= 0.3 is 5.97 Å². The number of aryl methyl sites for hydroxylation is 1. The highest BCUT2D eigenvalue weighted by Gasteiger charge is 2.35. The number of carbonyl (C=O) groups is 1. The number of carboxylic acids is 1. The first-order valence-corrected chi connectivity index (χ1v) is 6.53. The fraction of sp³-hybridized carbons (Fsp3) is 0.533. The van der Waals surface area contributed by atoms with E-state index >= 15 is 0 Å². The van der Waals surface area contributed by atoms with Crippen LogP contribution in [0.15, 0.2) is 24.3 Å². The van der Waals surface area contributed by atoms with Crippen LogP contribution in [0, 0.1) is 6.92 Å². The van der Waals surface area contributed by atoms with Crippen LogP contribution in [0.25, 0.3) is 0 Å². The maximum atomic E-state index is 11.4. The summed E-state index contributed by atoms with van der Waals surface area (Å²) in [7, 11) is 0. The van der Waals surface area contributed by atoms with Gasteiger partial charge in [0.2, 0.25) is 0 Å². The summed E-state index contributed by atoms with van der Waals surface area (Å²) >= 11 is 0. The van der Waals surface area contributed by atoms with Crippen molar-refractivity contribution in [2.45, 2.75) is 52.1 Å². The van der Waals surface area contributed by atoms with Gasteiger partial charge in [-0.3, -0.25) is 10.1 Å². The van der Waals surface area contributed by atoms with Crippen LogP contribution < -0.4 is 5.32 Å². The molecule has 0 heterocycles. The van der Waals surface area contributed by atoms with E-state index in [-0.39, 0.29) is 6.04 Å². The molecule has 2 N–H and O–H groups in total. The van der Waals surface area contributed by atoms with Gasteiger partial charge in [0.25, 0.3) is 0 Å². The lowest BCUT2D eigenvalue weighted by molar-refractivity contribution is -0.145. The third-order valence-electron chi connectivity index (χ3n) is 3.69. The van der Waals surface area contributed by atoms with Gasteiger partial charge in [-0.15, -0.1) is 0 Å². The second-order valence-corrected chi connectivity index (χ2v) is 4.87. The molecular weight excluding hydrogens is 226 g/mol. The predicted octanol–water partition coefficient (Wildman–Crippen LogP) is 3.29. The van der Waals surface area contributed by atoms with Gasteiger partial charge in [-0.05, 0) is 32.3 Å². The van der Waals surface area contributed by atoms with Crippen LogP contribution in [0.3, 0.4) is 0 Å². The Hall–Kier alpha value is -1.35. The maximum absolute atomic E-state index is 11.4. The summed E-state index contributed by atoms with van der Waals surface area (Å²) in [6.07, 6.45) is 1.16. The molecule has 0 fully saturated rings. The molecule has 1 unspecified atom stereocenters. The fourth-order valence-corrected chi connectivity index (χ4v) is 2.17. The van der Waals surface area contributed by atoms with E-state index in [1.807, 2.05) is 52.0 Å². The first-order valence-electron chi connectivity index (χ1n) is 6.53. The van der Waals surface area contributed by atoms with E-state index < -0.39 is 11.5 Å².